The first-order valence-corrected chi connectivity index (χ1v) is 9.25. The predicted molar refractivity (Wildman–Crippen MR) is 97.9 cm³/mol. The Morgan fingerprint density at radius 2 is 1.69 bits per heavy atom. The number of hydrogen-bond acceptors (Lipinski definition) is 3. The molecule has 0 unspecified atom stereocenters. The SMILES string of the molecule is O=C(Cn1c(=O)ccn(Cc2ccccc2)c1=O)NC(C1CC1)C1CC1. The van der Waals surface area contributed by atoms with Crippen LogP contribution in [0.3, 0.4) is 0 Å². The van der Waals surface area contributed by atoms with Crippen LogP contribution in [0.25, 0.3) is 0 Å². The molecule has 0 bridgehead atoms. The average Bonchev–Trinajstić information content (AvgIpc) is 3.53. The van der Waals surface area contributed by atoms with Crippen molar-refractivity contribution in [3.05, 3.63) is 69.0 Å². The van der Waals surface area contributed by atoms with Crippen LogP contribution in [-0.4, -0.2) is 21.1 Å². The van der Waals surface area contributed by atoms with Crippen molar-refractivity contribution in [2.75, 3.05) is 0 Å². The van der Waals surface area contributed by atoms with Gasteiger partial charge >= 0.3 is 5.69 Å². The van der Waals surface area contributed by atoms with E-state index in [1.54, 1.807) is 0 Å². The summed E-state index contributed by atoms with van der Waals surface area (Å²) in [6.45, 7) is 0.150. The molecule has 6 heteroatoms. The van der Waals surface area contributed by atoms with Crippen molar-refractivity contribution in [1.29, 1.82) is 0 Å². The van der Waals surface area contributed by atoms with Crippen LogP contribution in [0.2, 0.25) is 0 Å². The minimum Gasteiger partial charge on any atom is -0.351 e. The number of carbonyl (C=O) groups is 1. The maximum absolute atomic E-state index is 12.7. The summed E-state index contributed by atoms with van der Waals surface area (Å²) in [5.74, 6) is 0.910. The highest BCUT2D eigenvalue weighted by Crippen LogP contribution is 2.44. The molecule has 0 spiro atoms. The van der Waals surface area contributed by atoms with Crippen LogP contribution in [0, 0.1) is 11.8 Å². The van der Waals surface area contributed by atoms with Crippen LogP contribution >= 0.6 is 0 Å². The minimum atomic E-state index is -0.453. The van der Waals surface area contributed by atoms with Gasteiger partial charge in [0, 0.05) is 18.3 Å². The Bertz CT molecular complexity index is 896. The fourth-order valence-corrected chi connectivity index (χ4v) is 3.51. The maximum atomic E-state index is 12.7. The fourth-order valence-electron chi connectivity index (χ4n) is 3.51. The average molecular weight is 353 g/mol. The Kier molecular flexibility index (Phi) is 4.49. The normalized spacial score (nSPS) is 16.7. The molecule has 1 heterocycles. The zero-order chi connectivity index (χ0) is 18.1. The third kappa shape index (κ3) is 3.79. The molecule has 0 atom stereocenters. The molecule has 2 aromatic rings. The van der Waals surface area contributed by atoms with Crippen LogP contribution in [0.15, 0.2) is 52.2 Å². The molecular weight excluding hydrogens is 330 g/mol. The summed E-state index contributed by atoms with van der Waals surface area (Å²) in [5.41, 5.74) is 0.0709. The van der Waals surface area contributed by atoms with Gasteiger partial charge in [-0.2, -0.15) is 0 Å². The van der Waals surface area contributed by atoms with Crippen LogP contribution in [0.5, 0.6) is 0 Å². The lowest BCUT2D eigenvalue weighted by atomic mass is 10.1. The zero-order valence-corrected chi connectivity index (χ0v) is 14.6. The highest BCUT2D eigenvalue weighted by Gasteiger charge is 2.42. The molecule has 1 N–H and O–H groups in total. The highest BCUT2D eigenvalue weighted by atomic mass is 16.2. The number of carbonyl (C=O) groups excluding carboxylic acids is 1. The van der Waals surface area contributed by atoms with Gasteiger partial charge in [-0.15, -0.1) is 0 Å². The molecule has 2 aliphatic rings. The molecule has 2 fully saturated rings. The molecule has 0 saturated heterocycles. The Labute approximate surface area is 151 Å². The number of nitrogens with one attached hydrogen (secondary N) is 1. The summed E-state index contributed by atoms with van der Waals surface area (Å²) < 4.78 is 2.48. The van der Waals surface area contributed by atoms with Crippen molar-refractivity contribution >= 4 is 5.91 Å². The smallest absolute Gasteiger partial charge is 0.331 e. The van der Waals surface area contributed by atoms with Crippen molar-refractivity contribution in [3.8, 4) is 0 Å². The number of hydrogen-bond donors (Lipinski definition) is 1. The van der Waals surface area contributed by atoms with Crippen LogP contribution in [-0.2, 0) is 17.9 Å². The molecule has 0 radical (unpaired) electrons. The van der Waals surface area contributed by atoms with Gasteiger partial charge in [-0.05, 0) is 43.1 Å². The van der Waals surface area contributed by atoms with Crippen molar-refractivity contribution in [2.45, 2.75) is 44.8 Å². The van der Waals surface area contributed by atoms with Gasteiger partial charge in [0.1, 0.15) is 6.54 Å². The molecule has 1 aromatic carbocycles. The zero-order valence-electron chi connectivity index (χ0n) is 14.6. The van der Waals surface area contributed by atoms with E-state index in [4.69, 9.17) is 0 Å². The summed E-state index contributed by atoms with van der Waals surface area (Å²) in [4.78, 5) is 37.2. The second-order valence-electron chi connectivity index (χ2n) is 7.40. The van der Waals surface area contributed by atoms with E-state index in [-0.39, 0.29) is 18.5 Å². The molecule has 136 valence electrons. The number of amides is 1. The lowest BCUT2D eigenvalue weighted by Crippen LogP contribution is -2.46. The molecule has 0 aliphatic heterocycles. The Hall–Kier alpha value is -2.63. The summed E-state index contributed by atoms with van der Waals surface area (Å²) in [6, 6.07) is 11.1. The standard InChI is InChI=1S/C20H23N3O3/c24-17(21-19(15-6-7-15)16-8-9-16)13-23-18(25)10-11-22(20(23)26)12-14-4-2-1-3-5-14/h1-5,10-11,15-16,19H,6-9,12-13H2,(H,21,24). The molecule has 4 rings (SSSR count). The van der Waals surface area contributed by atoms with Crippen molar-refractivity contribution < 1.29 is 4.79 Å². The van der Waals surface area contributed by atoms with Gasteiger partial charge in [0.2, 0.25) is 5.91 Å². The first-order chi connectivity index (χ1) is 12.6. The predicted octanol–water partition coefficient (Wildman–Crippen LogP) is 1.36. The quantitative estimate of drug-likeness (QED) is 0.817. The van der Waals surface area contributed by atoms with Crippen molar-refractivity contribution in [2.24, 2.45) is 11.8 Å². The van der Waals surface area contributed by atoms with E-state index in [9.17, 15) is 14.4 Å². The van der Waals surface area contributed by atoms with E-state index < -0.39 is 11.2 Å². The topological polar surface area (TPSA) is 73.1 Å². The molecule has 1 aromatic heterocycles. The number of benzene rings is 1. The van der Waals surface area contributed by atoms with Gasteiger partial charge in [-0.25, -0.2) is 4.79 Å². The Morgan fingerprint density at radius 3 is 2.31 bits per heavy atom. The Morgan fingerprint density at radius 1 is 1.04 bits per heavy atom. The van der Waals surface area contributed by atoms with Crippen LogP contribution < -0.4 is 16.6 Å². The first kappa shape index (κ1) is 16.8. The molecule has 2 saturated carbocycles. The Balaban J connectivity index is 1.50. The third-order valence-electron chi connectivity index (χ3n) is 5.22. The number of rotatable bonds is 7. The molecule has 6 nitrogen and oxygen atoms in total. The molecule has 1 amide bonds. The van der Waals surface area contributed by atoms with Gasteiger partial charge in [-0.1, -0.05) is 30.3 Å². The lowest BCUT2D eigenvalue weighted by Gasteiger charge is -2.18. The van der Waals surface area contributed by atoms with Gasteiger partial charge in [0.05, 0.1) is 6.54 Å². The first-order valence-electron chi connectivity index (χ1n) is 9.25. The number of aromatic nitrogens is 2. The van der Waals surface area contributed by atoms with Crippen LogP contribution in [0.4, 0.5) is 0 Å². The van der Waals surface area contributed by atoms with Crippen molar-refractivity contribution in [3.63, 3.8) is 0 Å². The van der Waals surface area contributed by atoms with E-state index in [1.165, 1.54) is 16.8 Å². The summed E-state index contributed by atoms with van der Waals surface area (Å²) >= 11 is 0. The molecule has 2 aliphatic carbocycles. The van der Waals surface area contributed by atoms with E-state index in [0.29, 0.717) is 18.4 Å². The molecular formula is C20H23N3O3. The van der Waals surface area contributed by atoms with E-state index in [2.05, 4.69) is 5.32 Å². The van der Waals surface area contributed by atoms with E-state index in [1.807, 2.05) is 30.3 Å². The maximum Gasteiger partial charge on any atom is 0.331 e. The van der Waals surface area contributed by atoms with Crippen molar-refractivity contribution in [1.82, 2.24) is 14.5 Å². The minimum absolute atomic E-state index is 0.216. The number of nitrogens with zero attached hydrogens (tertiary/aromatic N) is 2. The van der Waals surface area contributed by atoms with Crippen LogP contribution in [0.1, 0.15) is 31.2 Å². The van der Waals surface area contributed by atoms with Gasteiger partial charge in [0.25, 0.3) is 5.56 Å². The highest BCUT2D eigenvalue weighted by molar-refractivity contribution is 5.76. The van der Waals surface area contributed by atoms with Gasteiger partial charge < -0.3 is 5.32 Å². The summed E-state index contributed by atoms with van der Waals surface area (Å²) in [5, 5.41) is 3.07. The largest absolute Gasteiger partial charge is 0.351 e. The second kappa shape index (κ2) is 6.94. The monoisotopic (exact) mass is 353 g/mol. The third-order valence-corrected chi connectivity index (χ3v) is 5.22. The lowest BCUT2D eigenvalue weighted by molar-refractivity contribution is -0.122. The second-order valence-corrected chi connectivity index (χ2v) is 7.40. The van der Waals surface area contributed by atoms with E-state index >= 15 is 0 Å². The van der Waals surface area contributed by atoms with Gasteiger partial charge in [-0.3, -0.25) is 18.7 Å². The molecule has 26 heavy (non-hydrogen) atoms. The fraction of sp³-hybridized carbons (Fsp3) is 0.450. The summed E-state index contributed by atoms with van der Waals surface area (Å²) in [7, 11) is 0. The summed E-state index contributed by atoms with van der Waals surface area (Å²) in [6.07, 6.45) is 6.14. The van der Waals surface area contributed by atoms with E-state index in [0.717, 1.165) is 35.8 Å². The van der Waals surface area contributed by atoms with Gasteiger partial charge in [0.15, 0.2) is 0 Å².